The molecule has 0 aliphatic heterocycles. The number of anilines is 2. The second-order valence-corrected chi connectivity index (χ2v) is 6.69. The molecule has 4 aromatic rings. The van der Waals surface area contributed by atoms with E-state index in [1.165, 1.54) is 4.70 Å². The molecule has 0 bridgehead atoms. The zero-order valence-electron chi connectivity index (χ0n) is 13.4. The van der Waals surface area contributed by atoms with Gasteiger partial charge < -0.3 is 5.32 Å². The molecular weight excluding hydrogens is 316 g/mol. The molecule has 2 heterocycles. The van der Waals surface area contributed by atoms with Gasteiger partial charge in [0.1, 0.15) is 5.01 Å². The molecule has 0 aliphatic carbocycles. The van der Waals surface area contributed by atoms with Crippen molar-refractivity contribution in [1.82, 2.24) is 15.0 Å². The maximum Gasteiger partial charge on any atom is 0.227 e. The van der Waals surface area contributed by atoms with Crippen LogP contribution in [0.5, 0.6) is 0 Å². The lowest BCUT2D eigenvalue weighted by molar-refractivity contribution is 1.06. The predicted octanol–water partition coefficient (Wildman–Crippen LogP) is 5.11. The first-order valence-electron chi connectivity index (χ1n) is 7.73. The van der Waals surface area contributed by atoms with E-state index in [0.29, 0.717) is 5.95 Å². The summed E-state index contributed by atoms with van der Waals surface area (Å²) in [5, 5.41) is 4.28. The van der Waals surface area contributed by atoms with Crippen molar-refractivity contribution in [2.75, 3.05) is 5.32 Å². The Morgan fingerprint density at radius 2 is 1.54 bits per heavy atom. The summed E-state index contributed by atoms with van der Waals surface area (Å²) in [4.78, 5) is 13.5. The Morgan fingerprint density at radius 3 is 2.25 bits per heavy atom. The van der Waals surface area contributed by atoms with Gasteiger partial charge in [-0.05, 0) is 56.3 Å². The highest BCUT2D eigenvalue weighted by Gasteiger charge is 2.06. The Labute approximate surface area is 144 Å². The van der Waals surface area contributed by atoms with Gasteiger partial charge in [-0.15, -0.1) is 11.3 Å². The van der Waals surface area contributed by atoms with E-state index in [4.69, 9.17) is 4.98 Å². The summed E-state index contributed by atoms with van der Waals surface area (Å²) >= 11 is 1.71. The van der Waals surface area contributed by atoms with Gasteiger partial charge in [0.2, 0.25) is 5.95 Å². The molecule has 5 heteroatoms. The van der Waals surface area contributed by atoms with Gasteiger partial charge in [-0.1, -0.05) is 12.1 Å². The smallest absolute Gasteiger partial charge is 0.227 e. The molecule has 1 N–H and O–H groups in total. The molecule has 0 spiro atoms. The third kappa shape index (κ3) is 2.98. The van der Waals surface area contributed by atoms with Crippen LogP contribution in [0, 0.1) is 13.8 Å². The number of rotatable bonds is 3. The molecule has 0 atom stereocenters. The van der Waals surface area contributed by atoms with Crippen LogP contribution < -0.4 is 5.32 Å². The Hall–Kier alpha value is -2.79. The molecule has 0 saturated heterocycles. The molecule has 0 radical (unpaired) electrons. The first-order valence-corrected chi connectivity index (χ1v) is 8.54. The van der Waals surface area contributed by atoms with E-state index >= 15 is 0 Å². The molecule has 118 valence electrons. The van der Waals surface area contributed by atoms with Gasteiger partial charge in [0.05, 0.1) is 10.2 Å². The van der Waals surface area contributed by atoms with Crippen molar-refractivity contribution < 1.29 is 0 Å². The summed E-state index contributed by atoms with van der Waals surface area (Å²) in [5.41, 5.74) is 5.03. The van der Waals surface area contributed by atoms with E-state index in [1.807, 2.05) is 50.2 Å². The lowest BCUT2D eigenvalue weighted by atomic mass is 10.2. The average molecular weight is 332 g/mol. The third-order valence-electron chi connectivity index (χ3n) is 3.66. The summed E-state index contributed by atoms with van der Waals surface area (Å²) in [6.45, 7) is 3.94. The van der Waals surface area contributed by atoms with E-state index in [0.717, 1.165) is 33.2 Å². The van der Waals surface area contributed by atoms with E-state index in [1.54, 1.807) is 11.3 Å². The van der Waals surface area contributed by atoms with Crippen molar-refractivity contribution in [2.45, 2.75) is 13.8 Å². The lowest BCUT2D eigenvalue weighted by Gasteiger charge is -2.07. The van der Waals surface area contributed by atoms with Gasteiger partial charge in [0, 0.05) is 22.6 Å². The van der Waals surface area contributed by atoms with Crippen LogP contribution in [-0.4, -0.2) is 15.0 Å². The average Bonchev–Trinajstić information content (AvgIpc) is 2.98. The summed E-state index contributed by atoms with van der Waals surface area (Å²) in [5.74, 6) is 0.625. The predicted molar refractivity (Wildman–Crippen MR) is 99.8 cm³/mol. The number of nitrogens with zero attached hydrogens (tertiary/aromatic N) is 3. The summed E-state index contributed by atoms with van der Waals surface area (Å²) < 4.78 is 1.21. The van der Waals surface area contributed by atoms with Gasteiger partial charge in [0.15, 0.2) is 0 Å². The monoisotopic (exact) mass is 332 g/mol. The summed E-state index contributed by atoms with van der Waals surface area (Å²) in [6, 6.07) is 18.4. The van der Waals surface area contributed by atoms with Crippen LogP contribution in [0.25, 0.3) is 20.8 Å². The number of hydrogen-bond donors (Lipinski definition) is 1. The Morgan fingerprint density at radius 1 is 0.833 bits per heavy atom. The van der Waals surface area contributed by atoms with E-state index in [-0.39, 0.29) is 0 Å². The van der Waals surface area contributed by atoms with Gasteiger partial charge in [-0.25, -0.2) is 15.0 Å². The fraction of sp³-hybridized carbons (Fsp3) is 0.105. The molecule has 2 aromatic carbocycles. The van der Waals surface area contributed by atoms with Crippen molar-refractivity contribution in [2.24, 2.45) is 0 Å². The number of hydrogen-bond acceptors (Lipinski definition) is 5. The number of thiazole rings is 1. The topological polar surface area (TPSA) is 50.7 Å². The van der Waals surface area contributed by atoms with Crippen molar-refractivity contribution in [1.29, 1.82) is 0 Å². The first-order chi connectivity index (χ1) is 11.7. The fourth-order valence-electron chi connectivity index (χ4n) is 2.60. The quantitative estimate of drug-likeness (QED) is 0.566. The van der Waals surface area contributed by atoms with Gasteiger partial charge in [0.25, 0.3) is 0 Å². The Bertz CT molecular complexity index is 952. The maximum atomic E-state index is 4.69. The fourth-order valence-corrected chi connectivity index (χ4v) is 3.57. The zero-order chi connectivity index (χ0) is 16.5. The molecule has 4 nitrogen and oxygen atoms in total. The number of benzene rings is 2. The van der Waals surface area contributed by atoms with Crippen molar-refractivity contribution >= 4 is 33.2 Å². The summed E-state index contributed by atoms with van der Waals surface area (Å²) in [6.07, 6.45) is 0. The number of fused-ring (bicyclic) bond motifs is 1. The standard InChI is InChI=1S/C19H16N4S/c1-12-11-13(2)21-19(20-12)22-15-9-7-14(8-10-15)18-23-16-5-3-4-6-17(16)24-18/h3-11H,1-2H3,(H,20,21,22). The molecule has 0 amide bonds. The number of para-hydroxylation sites is 1. The second-order valence-electron chi connectivity index (χ2n) is 5.66. The highest BCUT2D eigenvalue weighted by Crippen LogP contribution is 2.30. The van der Waals surface area contributed by atoms with Gasteiger partial charge in [-0.3, -0.25) is 0 Å². The third-order valence-corrected chi connectivity index (χ3v) is 4.75. The zero-order valence-corrected chi connectivity index (χ0v) is 14.3. The minimum atomic E-state index is 0.625. The highest BCUT2D eigenvalue weighted by atomic mass is 32.1. The van der Waals surface area contributed by atoms with Crippen LogP contribution in [0.1, 0.15) is 11.4 Å². The van der Waals surface area contributed by atoms with Crippen LogP contribution in [0.3, 0.4) is 0 Å². The van der Waals surface area contributed by atoms with Crippen LogP contribution in [0.15, 0.2) is 54.6 Å². The van der Waals surface area contributed by atoms with Crippen LogP contribution >= 0.6 is 11.3 Å². The number of aryl methyl sites for hydroxylation is 2. The van der Waals surface area contributed by atoms with Crippen molar-refractivity contribution in [3.05, 3.63) is 66.0 Å². The minimum absolute atomic E-state index is 0.625. The van der Waals surface area contributed by atoms with Gasteiger partial charge >= 0.3 is 0 Å². The van der Waals surface area contributed by atoms with E-state index < -0.39 is 0 Å². The largest absolute Gasteiger partial charge is 0.324 e. The number of aromatic nitrogens is 3. The Kier molecular flexibility index (Phi) is 3.70. The SMILES string of the molecule is Cc1cc(C)nc(Nc2ccc(-c3nc4ccccc4s3)cc2)n1. The van der Waals surface area contributed by atoms with Crippen LogP contribution in [-0.2, 0) is 0 Å². The molecule has 0 unspecified atom stereocenters. The van der Waals surface area contributed by atoms with Crippen LogP contribution in [0.2, 0.25) is 0 Å². The normalized spacial score (nSPS) is 10.9. The van der Waals surface area contributed by atoms with E-state index in [9.17, 15) is 0 Å². The summed E-state index contributed by atoms with van der Waals surface area (Å²) in [7, 11) is 0. The lowest BCUT2D eigenvalue weighted by Crippen LogP contribution is -1.99. The maximum absolute atomic E-state index is 4.69. The van der Waals surface area contributed by atoms with E-state index in [2.05, 4.69) is 33.5 Å². The minimum Gasteiger partial charge on any atom is -0.324 e. The molecule has 4 rings (SSSR count). The Balaban J connectivity index is 1.60. The molecular formula is C19H16N4S. The number of nitrogens with one attached hydrogen (secondary N) is 1. The molecule has 0 fully saturated rings. The van der Waals surface area contributed by atoms with Crippen LogP contribution in [0.4, 0.5) is 11.6 Å². The van der Waals surface area contributed by atoms with Gasteiger partial charge in [-0.2, -0.15) is 0 Å². The second kappa shape index (κ2) is 6.02. The molecule has 24 heavy (non-hydrogen) atoms. The molecule has 0 aliphatic rings. The molecule has 2 aromatic heterocycles. The first kappa shape index (κ1) is 14.8. The van der Waals surface area contributed by atoms with Crippen molar-refractivity contribution in [3.63, 3.8) is 0 Å². The molecule has 0 saturated carbocycles. The highest BCUT2D eigenvalue weighted by molar-refractivity contribution is 7.21. The van der Waals surface area contributed by atoms with Crippen molar-refractivity contribution in [3.8, 4) is 10.6 Å².